The topological polar surface area (TPSA) is 54.5 Å². The van der Waals surface area contributed by atoms with Crippen LogP contribution in [0.3, 0.4) is 0 Å². The second-order valence-electron chi connectivity index (χ2n) is 4.29. The van der Waals surface area contributed by atoms with Crippen LogP contribution in [0.15, 0.2) is 18.2 Å². The third-order valence-corrected chi connectivity index (χ3v) is 4.94. The van der Waals surface area contributed by atoms with Gasteiger partial charge in [-0.1, -0.05) is 35.3 Å². The highest BCUT2D eigenvalue weighted by atomic mass is 35.5. The highest BCUT2D eigenvalue weighted by molar-refractivity contribution is 7.87. The van der Waals surface area contributed by atoms with Gasteiger partial charge in [-0.05, 0) is 11.6 Å². The van der Waals surface area contributed by atoms with E-state index in [-0.39, 0.29) is 19.5 Å². The zero-order valence-electron chi connectivity index (χ0n) is 9.64. The maximum atomic E-state index is 12.9. The molecule has 0 saturated carbocycles. The molecule has 0 N–H and O–H groups in total. The first kappa shape index (κ1) is 14.6. The number of amides is 1. The second kappa shape index (κ2) is 5.26. The fourth-order valence-corrected chi connectivity index (χ4v) is 3.03. The third-order valence-electron chi connectivity index (χ3n) is 2.97. The van der Waals surface area contributed by atoms with Crippen molar-refractivity contribution in [2.45, 2.75) is 18.2 Å². The number of carbonyl (C=O) groups is 1. The fraction of sp³-hybridized carbons (Fsp3) is 0.364. The van der Waals surface area contributed by atoms with Crippen LogP contribution in [0.5, 0.6) is 0 Å². The molecule has 1 unspecified atom stereocenters. The van der Waals surface area contributed by atoms with Crippen molar-refractivity contribution in [1.29, 1.82) is 0 Å². The van der Waals surface area contributed by atoms with Crippen molar-refractivity contribution in [2.75, 3.05) is 6.54 Å². The van der Waals surface area contributed by atoms with Crippen LogP contribution < -0.4 is 0 Å². The van der Waals surface area contributed by atoms with Crippen LogP contribution in [-0.4, -0.2) is 31.0 Å². The van der Waals surface area contributed by atoms with E-state index in [4.69, 9.17) is 23.2 Å². The Kier molecular flexibility index (Phi) is 4.03. The van der Waals surface area contributed by atoms with Crippen molar-refractivity contribution in [3.05, 3.63) is 33.8 Å². The highest BCUT2D eigenvalue weighted by Gasteiger charge is 2.38. The average molecular weight is 326 g/mol. The molecule has 19 heavy (non-hydrogen) atoms. The van der Waals surface area contributed by atoms with Gasteiger partial charge >= 0.3 is 10.2 Å². The molecule has 1 aliphatic heterocycles. The molecule has 0 radical (unpaired) electrons. The molecule has 1 aliphatic rings. The maximum Gasteiger partial charge on any atom is 0.307 e. The molecule has 1 heterocycles. The molecule has 1 atom stereocenters. The predicted octanol–water partition coefficient (Wildman–Crippen LogP) is 2.39. The number of nitrogens with zero attached hydrogens (tertiary/aromatic N) is 1. The van der Waals surface area contributed by atoms with E-state index >= 15 is 0 Å². The first-order chi connectivity index (χ1) is 8.79. The Bertz CT molecular complexity index is 620. The summed E-state index contributed by atoms with van der Waals surface area (Å²) >= 11 is 11.8. The largest absolute Gasteiger partial charge is 0.337 e. The smallest absolute Gasteiger partial charge is 0.307 e. The van der Waals surface area contributed by atoms with E-state index < -0.39 is 21.4 Å². The number of carbonyl (C=O) groups excluding carboxylic acids is 1. The van der Waals surface area contributed by atoms with Gasteiger partial charge in [0.2, 0.25) is 5.91 Å². The summed E-state index contributed by atoms with van der Waals surface area (Å²) < 4.78 is 34.5. The molecular formula is C11H10Cl2FNO3S. The normalized spacial score (nSPS) is 20.1. The first-order valence-corrected chi connectivity index (χ1v) is 7.63. The van der Waals surface area contributed by atoms with Gasteiger partial charge in [-0.25, -0.2) is 0 Å². The molecule has 1 aromatic carbocycles. The quantitative estimate of drug-likeness (QED) is 0.802. The molecule has 4 nitrogen and oxygen atoms in total. The Morgan fingerprint density at radius 2 is 2.05 bits per heavy atom. The summed E-state index contributed by atoms with van der Waals surface area (Å²) in [6.45, 7) is -0.0508. The summed E-state index contributed by atoms with van der Waals surface area (Å²) in [5.74, 6) is -0.415. The lowest BCUT2D eigenvalue weighted by atomic mass is 10.2. The van der Waals surface area contributed by atoms with Crippen molar-refractivity contribution >= 4 is 39.3 Å². The number of hydrogen-bond donors (Lipinski definition) is 0. The minimum Gasteiger partial charge on any atom is -0.337 e. The number of halogens is 3. The molecule has 8 heteroatoms. The van der Waals surface area contributed by atoms with E-state index in [1.165, 1.54) is 4.90 Å². The lowest BCUT2D eigenvalue weighted by Gasteiger charge is -2.17. The SMILES string of the molecule is O=C1CC(S(=O)(=O)F)CN1Cc1cccc(Cl)c1Cl. The second-order valence-corrected chi connectivity index (χ2v) is 6.69. The van der Waals surface area contributed by atoms with Crippen LogP contribution in [-0.2, 0) is 21.6 Å². The van der Waals surface area contributed by atoms with Gasteiger partial charge in [0.15, 0.2) is 0 Å². The van der Waals surface area contributed by atoms with Crippen molar-refractivity contribution in [2.24, 2.45) is 0 Å². The number of benzene rings is 1. The highest BCUT2D eigenvalue weighted by Crippen LogP contribution is 2.28. The number of hydrogen-bond acceptors (Lipinski definition) is 3. The standard InChI is InChI=1S/C11H10Cl2FNO3S/c12-9-3-1-2-7(11(9)13)5-15-6-8(4-10(15)16)19(14,17)18/h1-3,8H,4-6H2. The van der Waals surface area contributed by atoms with Crippen LogP contribution in [0.4, 0.5) is 3.89 Å². The summed E-state index contributed by atoms with van der Waals surface area (Å²) in [6, 6.07) is 4.96. The summed E-state index contributed by atoms with van der Waals surface area (Å²) in [6.07, 6.45) is -0.336. The number of likely N-dealkylation sites (tertiary alicyclic amines) is 1. The summed E-state index contributed by atoms with van der Waals surface area (Å²) in [4.78, 5) is 12.9. The molecule has 0 aliphatic carbocycles. The number of rotatable bonds is 3. The van der Waals surface area contributed by atoms with Gasteiger partial charge in [0.05, 0.1) is 10.0 Å². The van der Waals surface area contributed by atoms with Crippen LogP contribution >= 0.6 is 23.2 Å². The Balaban J connectivity index is 2.17. The zero-order chi connectivity index (χ0) is 14.2. The molecular weight excluding hydrogens is 316 g/mol. The fourth-order valence-electron chi connectivity index (χ4n) is 1.95. The molecule has 1 fully saturated rings. The van der Waals surface area contributed by atoms with Crippen molar-refractivity contribution in [1.82, 2.24) is 4.90 Å². The summed E-state index contributed by atoms with van der Waals surface area (Å²) in [5, 5.41) is -0.637. The van der Waals surface area contributed by atoms with E-state index in [1.807, 2.05) is 0 Å². The molecule has 0 bridgehead atoms. The Morgan fingerprint density at radius 3 is 2.63 bits per heavy atom. The van der Waals surface area contributed by atoms with E-state index in [2.05, 4.69) is 0 Å². The minimum atomic E-state index is -4.70. The summed E-state index contributed by atoms with van der Waals surface area (Å²) in [7, 11) is -4.70. The van der Waals surface area contributed by atoms with Gasteiger partial charge in [0, 0.05) is 19.5 Å². The molecule has 1 amide bonds. The third kappa shape index (κ3) is 3.19. The molecule has 0 aromatic heterocycles. The maximum absolute atomic E-state index is 12.9. The lowest BCUT2D eigenvalue weighted by molar-refractivity contribution is -0.128. The Labute approximate surface area is 120 Å². The lowest BCUT2D eigenvalue weighted by Crippen LogP contribution is -2.27. The van der Waals surface area contributed by atoms with Crippen LogP contribution in [0.1, 0.15) is 12.0 Å². The molecule has 0 spiro atoms. The van der Waals surface area contributed by atoms with Crippen molar-refractivity contribution < 1.29 is 17.1 Å². The van der Waals surface area contributed by atoms with Gasteiger partial charge in [0.1, 0.15) is 5.25 Å². The molecule has 2 rings (SSSR count). The van der Waals surface area contributed by atoms with Gasteiger partial charge in [-0.2, -0.15) is 8.42 Å². The predicted molar refractivity (Wildman–Crippen MR) is 70.3 cm³/mol. The first-order valence-electron chi connectivity index (χ1n) is 5.43. The van der Waals surface area contributed by atoms with Crippen molar-refractivity contribution in [3.63, 3.8) is 0 Å². The van der Waals surface area contributed by atoms with E-state index in [0.29, 0.717) is 15.6 Å². The average Bonchev–Trinajstić information content (AvgIpc) is 2.67. The van der Waals surface area contributed by atoms with Gasteiger partial charge in [0.25, 0.3) is 0 Å². The zero-order valence-corrected chi connectivity index (χ0v) is 12.0. The van der Waals surface area contributed by atoms with Gasteiger partial charge < -0.3 is 4.90 Å². The summed E-state index contributed by atoms with van der Waals surface area (Å²) in [5.41, 5.74) is 0.597. The van der Waals surface area contributed by atoms with Gasteiger partial charge in [-0.15, -0.1) is 3.89 Å². The van der Waals surface area contributed by atoms with Crippen molar-refractivity contribution in [3.8, 4) is 0 Å². The monoisotopic (exact) mass is 325 g/mol. The van der Waals surface area contributed by atoms with Crippen LogP contribution in [0.25, 0.3) is 0 Å². The molecule has 1 saturated heterocycles. The van der Waals surface area contributed by atoms with Gasteiger partial charge in [-0.3, -0.25) is 4.79 Å². The van der Waals surface area contributed by atoms with E-state index in [0.717, 1.165) is 0 Å². The Morgan fingerprint density at radius 1 is 1.37 bits per heavy atom. The van der Waals surface area contributed by atoms with Crippen LogP contribution in [0, 0.1) is 0 Å². The Hall–Kier alpha value is -0.850. The van der Waals surface area contributed by atoms with E-state index in [1.54, 1.807) is 18.2 Å². The van der Waals surface area contributed by atoms with E-state index in [9.17, 15) is 17.1 Å². The minimum absolute atomic E-state index is 0.115. The van der Waals surface area contributed by atoms with Crippen LogP contribution in [0.2, 0.25) is 10.0 Å². The molecule has 1 aromatic rings. The molecule has 104 valence electrons.